The van der Waals surface area contributed by atoms with E-state index in [1.807, 2.05) is 0 Å². The van der Waals surface area contributed by atoms with Crippen molar-refractivity contribution in [2.24, 2.45) is 0 Å². The SMILES string of the molecule is CC(=O)Nc1cc(NC(=O)c2cc(S(=O)(=O)N3CCCC3)ccc2Br)ccc1F. The Labute approximate surface area is 176 Å². The van der Waals surface area contributed by atoms with Crippen LogP contribution in [0.3, 0.4) is 0 Å². The molecule has 29 heavy (non-hydrogen) atoms. The number of hydrogen-bond acceptors (Lipinski definition) is 4. The summed E-state index contributed by atoms with van der Waals surface area (Å²) in [7, 11) is -3.67. The first-order chi connectivity index (χ1) is 13.7. The molecule has 0 spiro atoms. The van der Waals surface area contributed by atoms with Gasteiger partial charge in [0.15, 0.2) is 0 Å². The fourth-order valence-electron chi connectivity index (χ4n) is 3.00. The molecule has 154 valence electrons. The van der Waals surface area contributed by atoms with Gasteiger partial charge >= 0.3 is 0 Å². The van der Waals surface area contributed by atoms with Gasteiger partial charge in [-0.1, -0.05) is 0 Å². The third-order valence-corrected chi connectivity index (χ3v) is 7.01. The molecule has 1 fully saturated rings. The number of anilines is 2. The molecule has 0 bridgehead atoms. The molecule has 2 aromatic carbocycles. The second kappa shape index (κ2) is 8.60. The van der Waals surface area contributed by atoms with Crippen molar-refractivity contribution in [2.45, 2.75) is 24.7 Å². The predicted octanol–water partition coefficient (Wildman–Crippen LogP) is 3.58. The van der Waals surface area contributed by atoms with Crippen molar-refractivity contribution in [1.29, 1.82) is 0 Å². The second-order valence-corrected chi connectivity index (χ2v) is 9.38. The molecule has 2 aromatic rings. The number of carbonyl (C=O) groups excluding carboxylic acids is 2. The summed E-state index contributed by atoms with van der Waals surface area (Å²) in [5.74, 6) is -1.66. The highest BCUT2D eigenvalue weighted by molar-refractivity contribution is 9.10. The minimum atomic E-state index is -3.67. The van der Waals surface area contributed by atoms with Crippen LogP contribution in [0, 0.1) is 5.82 Å². The molecular weight excluding hydrogens is 465 g/mol. The maximum absolute atomic E-state index is 13.8. The minimum Gasteiger partial charge on any atom is -0.324 e. The van der Waals surface area contributed by atoms with Crippen LogP contribution < -0.4 is 10.6 Å². The van der Waals surface area contributed by atoms with Crippen LogP contribution in [-0.2, 0) is 14.8 Å². The highest BCUT2D eigenvalue weighted by Crippen LogP contribution is 2.27. The van der Waals surface area contributed by atoms with Crippen molar-refractivity contribution >= 4 is 49.1 Å². The zero-order valence-electron chi connectivity index (χ0n) is 15.5. The molecule has 0 radical (unpaired) electrons. The lowest BCUT2D eigenvalue weighted by Gasteiger charge is -2.16. The lowest BCUT2D eigenvalue weighted by molar-refractivity contribution is -0.114. The third-order valence-electron chi connectivity index (χ3n) is 4.42. The fourth-order valence-corrected chi connectivity index (χ4v) is 4.97. The standard InChI is InChI=1S/C19H19BrFN3O4S/c1-12(25)22-18-10-13(4-7-17(18)21)23-19(26)15-11-14(5-6-16(15)20)29(27,28)24-8-2-3-9-24/h4-7,10-11H,2-3,8-9H2,1H3,(H,22,25)(H,23,26). The largest absolute Gasteiger partial charge is 0.324 e. The number of carbonyl (C=O) groups is 2. The van der Waals surface area contributed by atoms with Crippen LogP contribution in [0.5, 0.6) is 0 Å². The molecule has 1 aliphatic heterocycles. The van der Waals surface area contributed by atoms with E-state index in [4.69, 9.17) is 0 Å². The van der Waals surface area contributed by atoms with Crippen LogP contribution in [0.25, 0.3) is 0 Å². The smallest absolute Gasteiger partial charge is 0.256 e. The van der Waals surface area contributed by atoms with Crippen LogP contribution in [0.4, 0.5) is 15.8 Å². The van der Waals surface area contributed by atoms with Gasteiger partial charge in [0.05, 0.1) is 16.1 Å². The molecule has 1 saturated heterocycles. The molecule has 0 aliphatic carbocycles. The first-order valence-electron chi connectivity index (χ1n) is 8.86. The number of benzene rings is 2. The molecule has 1 heterocycles. The van der Waals surface area contributed by atoms with Crippen LogP contribution >= 0.6 is 15.9 Å². The molecule has 10 heteroatoms. The Kier molecular flexibility index (Phi) is 6.35. The summed E-state index contributed by atoms with van der Waals surface area (Å²) in [6.45, 7) is 2.16. The zero-order valence-corrected chi connectivity index (χ0v) is 17.9. The highest BCUT2D eigenvalue weighted by Gasteiger charge is 2.28. The number of hydrogen-bond donors (Lipinski definition) is 2. The number of halogens is 2. The molecule has 0 unspecified atom stereocenters. The van der Waals surface area contributed by atoms with E-state index >= 15 is 0 Å². The number of amides is 2. The van der Waals surface area contributed by atoms with Crippen molar-refractivity contribution in [3.05, 3.63) is 52.3 Å². The second-order valence-electron chi connectivity index (χ2n) is 6.58. The van der Waals surface area contributed by atoms with Crippen LogP contribution in [0.2, 0.25) is 0 Å². The predicted molar refractivity (Wildman–Crippen MR) is 111 cm³/mol. The van der Waals surface area contributed by atoms with Crippen LogP contribution in [0.1, 0.15) is 30.1 Å². The highest BCUT2D eigenvalue weighted by atomic mass is 79.9. The molecule has 3 rings (SSSR count). The number of nitrogens with one attached hydrogen (secondary N) is 2. The van der Waals surface area contributed by atoms with Gasteiger partial charge in [-0.2, -0.15) is 4.31 Å². The van der Waals surface area contributed by atoms with E-state index in [0.717, 1.165) is 18.9 Å². The van der Waals surface area contributed by atoms with E-state index in [1.165, 1.54) is 41.6 Å². The van der Waals surface area contributed by atoms with E-state index in [2.05, 4.69) is 26.6 Å². The molecule has 2 N–H and O–H groups in total. The van der Waals surface area contributed by atoms with Gasteiger partial charge in [0.1, 0.15) is 5.82 Å². The monoisotopic (exact) mass is 483 g/mol. The van der Waals surface area contributed by atoms with E-state index in [-0.39, 0.29) is 21.8 Å². The Morgan fingerprint density at radius 1 is 1.07 bits per heavy atom. The molecule has 1 aliphatic rings. The molecular formula is C19H19BrFN3O4S. The van der Waals surface area contributed by atoms with Crippen LogP contribution in [-0.4, -0.2) is 37.6 Å². The molecule has 0 aromatic heterocycles. The van der Waals surface area contributed by atoms with Crippen molar-refractivity contribution in [1.82, 2.24) is 4.31 Å². The summed E-state index contributed by atoms with van der Waals surface area (Å²) in [6.07, 6.45) is 1.62. The van der Waals surface area contributed by atoms with E-state index in [9.17, 15) is 22.4 Å². The normalized spacial score (nSPS) is 14.6. The Balaban J connectivity index is 1.87. The number of nitrogens with zero attached hydrogens (tertiary/aromatic N) is 1. The molecule has 0 saturated carbocycles. The summed E-state index contributed by atoms with van der Waals surface area (Å²) < 4.78 is 41.1. The van der Waals surface area contributed by atoms with Crippen molar-refractivity contribution in [2.75, 3.05) is 23.7 Å². The maximum atomic E-state index is 13.8. The van der Waals surface area contributed by atoms with Gasteiger partial charge < -0.3 is 10.6 Å². The van der Waals surface area contributed by atoms with Gasteiger partial charge in [-0.05, 0) is 65.2 Å². The summed E-state index contributed by atoms with van der Waals surface area (Å²) in [4.78, 5) is 23.9. The van der Waals surface area contributed by atoms with Gasteiger partial charge in [-0.15, -0.1) is 0 Å². The average molecular weight is 484 g/mol. The van der Waals surface area contributed by atoms with Gasteiger partial charge in [0.2, 0.25) is 15.9 Å². The summed E-state index contributed by atoms with van der Waals surface area (Å²) in [5, 5.41) is 4.93. The Hall–Kier alpha value is -2.30. The molecule has 0 atom stereocenters. The van der Waals surface area contributed by atoms with Crippen molar-refractivity contribution < 1.29 is 22.4 Å². The lowest BCUT2D eigenvalue weighted by Crippen LogP contribution is -2.28. The first kappa shape index (κ1) is 21.4. The zero-order chi connectivity index (χ0) is 21.2. The average Bonchev–Trinajstić information content (AvgIpc) is 3.20. The Morgan fingerprint density at radius 2 is 1.76 bits per heavy atom. The Bertz CT molecular complexity index is 1070. The van der Waals surface area contributed by atoms with E-state index in [1.54, 1.807) is 0 Å². The first-order valence-corrected chi connectivity index (χ1v) is 11.1. The van der Waals surface area contributed by atoms with Crippen molar-refractivity contribution in [3.63, 3.8) is 0 Å². The summed E-state index contributed by atoms with van der Waals surface area (Å²) >= 11 is 3.27. The number of sulfonamides is 1. The van der Waals surface area contributed by atoms with Crippen molar-refractivity contribution in [3.8, 4) is 0 Å². The van der Waals surface area contributed by atoms with Gasteiger partial charge in [0, 0.05) is 30.2 Å². The van der Waals surface area contributed by atoms with E-state index < -0.39 is 27.7 Å². The number of rotatable bonds is 5. The minimum absolute atomic E-state index is 0.0331. The Morgan fingerprint density at radius 3 is 2.41 bits per heavy atom. The fraction of sp³-hybridized carbons (Fsp3) is 0.263. The summed E-state index contributed by atoms with van der Waals surface area (Å²) in [6, 6.07) is 8.01. The van der Waals surface area contributed by atoms with Crippen LogP contribution in [0.15, 0.2) is 45.8 Å². The van der Waals surface area contributed by atoms with Gasteiger partial charge in [0.25, 0.3) is 5.91 Å². The van der Waals surface area contributed by atoms with Gasteiger partial charge in [-0.3, -0.25) is 9.59 Å². The third kappa shape index (κ3) is 4.82. The summed E-state index contributed by atoms with van der Waals surface area (Å²) in [5.41, 5.74) is 0.301. The molecule has 2 amide bonds. The quantitative estimate of drug-likeness (QED) is 0.679. The lowest BCUT2D eigenvalue weighted by atomic mass is 10.2. The van der Waals surface area contributed by atoms with Gasteiger partial charge in [-0.25, -0.2) is 12.8 Å². The topological polar surface area (TPSA) is 95.6 Å². The van der Waals surface area contributed by atoms with E-state index in [0.29, 0.717) is 17.6 Å². The molecule has 7 nitrogen and oxygen atoms in total. The maximum Gasteiger partial charge on any atom is 0.256 e.